The molecule has 0 aliphatic rings. The molecule has 0 heterocycles. The zero-order chi connectivity index (χ0) is 24.1. The number of amides is 2. The highest BCUT2D eigenvalue weighted by Gasteiger charge is 2.30. The van der Waals surface area contributed by atoms with Gasteiger partial charge in [0, 0.05) is 17.1 Å². The molecule has 7 nitrogen and oxygen atoms in total. The summed E-state index contributed by atoms with van der Waals surface area (Å²) >= 11 is 3.34. The number of rotatable bonds is 9. The molecular formula is C23H30BrN3O4S. The standard InChI is InChI=1S/C23H30BrN3O4S/c1-16(2)25-23(29)18(4)26(14-19-11-9-17(3)10-12-19)22(28)15-27(32(5,30)31)21-8-6-7-20(24)13-21/h6-13,16,18H,14-15H2,1-5H3,(H,25,29)/t18-/m0/s1. The summed E-state index contributed by atoms with van der Waals surface area (Å²) in [5.41, 5.74) is 2.29. The lowest BCUT2D eigenvalue weighted by Crippen LogP contribution is -2.52. The van der Waals surface area contributed by atoms with Crippen LogP contribution in [0.15, 0.2) is 53.0 Å². The Bertz CT molecular complexity index is 1060. The predicted molar refractivity (Wildman–Crippen MR) is 131 cm³/mol. The van der Waals surface area contributed by atoms with E-state index in [1.807, 2.05) is 45.0 Å². The number of hydrogen-bond acceptors (Lipinski definition) is 4. The van der Waals surface area contributed by atoms with E-state index in [4.69, 9.17) is 0 Å². The largest absolute Gasteiger partial charge is 0.352 e. The van der Waals surface area contributed by atoms with Gasteiger partial charge >= 0.3 is 0 Å². The van der Waals surface area contributed by atoms with Gasteiger partial charge in [-0.05, 0) is 51.5 Å². The highest BCUT2D eigenvalue weighted by Crippen LogP contribution is 2.23. The van der Waals surface area contributed by atoms with Gasteiger partial charge in [-0.25, -0.2) is 8.42 Å². The molecule has 0 radical (unpaired) electrons. The first-order valence-corrected chi connectivity index (χ1v) is 12.9. The van der Waals surface area contributed by atoms with Gasteiger partial charge in [0.05, 0.1) is 11.9 Å². The van der Waals surface area contributed by atoms with Crippen LogP contribution in [0.25, 0.3) is 0 Å². The number of benzene rings is 2. The maximum Gasteiger partial charge on any atom is 0.244 e. The fourth-order valence-electron chi connectivity index (χ4n) is 3.12. The van der Waals surface area contributed by atoms with Crippen molar-refractivity contribution in [3.05, 3.63) is 64.1 Å². The fraction of sp³-hybridized carbons (Fsp3) is 0.391. The average Bonchev–Trinajstić information content (AvgIpc) is 2.69. The van der Waals surface area contributed by atoms with Crippen LogP contribution in [-0.4, -0.2) is 50.0 Å². The summed E-state index contributed by atoms with van der Waals surface area (Å²) in [6.07, 6.45) is 1.06. The van der Waals surface area contributed by atoms with Gasteiger partial charge in [0.15, 0.2) is 0 Å². The molecule has 2 rings (SSSR count). The predicted octanol–water partition coefficient (Wildman–Crippen LogP) is 3.47. The minimum atomic E-state index is -3.74. The maximum atomic E-state index is 13.4. The molecule has 2 aromatic rings. The molecule has 1 N–H and O–H groups in total. The Morgan fingerprint density at radius 2 is 1.69 bits per heavy atom. The lowest BCUT2D eigenvalue weighted by Gasteiger charge is -2.32. The molecule has 0 aromatic heterocycles. The summed E-state index contributed by atoms with van der Waals surface area (Å²) in [6, 6.07) is 13.5. The van der Waals surface area contributed by atoms with Crippen LogP contribution in [-0.2, 0) is 26.2 Å². The summed E-state index contributed by atoms with van der Waals surface area (Å²) in [4.78, 5) is 27.5. The Morgan fingerprint density at radius 1 is 1.06 bits per heavy atom. The number of aryl methyl sites for hydroxylation is 1. The lowest BCUT2D eigenvalue weighted by atomic mass is 10.1. The van der Waals surface area contributed by atoms with Crippen molar-refractivity contribution in [1.29, 1.82) is 0 Å². The van der Waals surface area contributed by atoms with Crippen LogP contribution in [0.4, 0.5) is 5.69 Å². The molecule has 9 heteroatoms. The number of carbonyl (C=O) groups is 2. The first-order chi connectivity index (χ1) is 14.9. The van der Waals surface area contributed by atoms with Crippen molar-refractivity contribution >= 4 is 43.5 Å². The fourth-order valence-corrected chi connectivity index (χ4v) is 4.35. The van der Waals surface area contributed by atoms with E-state index in [9.17, 15) is 18.0 Å². The van der Waals surface area contributed by atoms with Crippen molar-refractivity contribution in [3.63, 3.8) is 0 Å². The summed E-state index contributed by atoms with van der Waals surface area (Å²) < 4.78 is 26.8. The van der Waals surface area contributed by atoms with Gasteiger partial charge in [0.25, 0.3) is 0 Å². The molecule has 1 atom stereocenters. The molecule has 0 aliphatic carbocycles. The van der Waals surface area contributed by atoms with E-state index >= 15 is 0 Å². The smallest absolute Gasteiger partial charge is 0.244 e. The highest BCUT2D eigenvalue weighted by atomic mass is 79.9. The van der Waals surface area contributed by atoms with E-state index in [1.165, 1.54) is 4.90 Å². The molecule has 0 bridgehead atoms. The minimum Gasteiger partial charge on any atom is -0.352 e. The molecule has 2 aromatic carbocycles. The third-order valence-corrected chi connectivity index (χ3v) is 6.48. The number of nitrogens with one attached hydrogen (secondary N) is 1. The number of halogens is 1. The van der Waals surface area contributed by atoms with E-state index in [1.54, 1.807) is 31.2 Å². The summed E-state index contributed by atoms with van der Waals surface area (Å²) in [6.45, 7) is 7.06. The summed E-state index contributed by atoms with van der Waals surface area (Å²) in [5, 5.41) is 2.82. The molecular weight excluding hydrogens is 494 g/mol. The van der Waals surface area contributed by atoms with Crippen molar-refractivity contribution in [2.75, 3.05) is 17.1 Å². The highest BCUT2D eigenvalue weighted by molar-refractivity contribution is 9.10. The van der Waals surface area contributed by atoms with Crippen molar-refractivity contribution < 1.29 is 18.0 Å². The van der Waals surface area contributed by atoms with Crippen LogP contribution < -0.4 is 9.62 Å². The van der Waals surface area contributed by atoms with Gasteiger partial charge in [-0.3, -0.25) is 13.9 Å². The second-order valence-corrected chi connectivity index (χ2v) is 10.9. The van der Waals surface area contributed by atoms with Crippen LogP contribution in [0, 0.1) is 6.92 Å². The van der Waals surface area contributed by atoms with Gasteiger partial charge in [-0.15, -0.1) is 0 Å². The number of nitrogens with zero attached hydrogens (tertiary/aromatic N) is 2. The van der Waals surface area contributed by atoms with Gasteiger partial charge in [-0.2, -0.15) is 0 Å². The Morgan fingerprint density at radius 3 is 2.22 bits per heavy atom. The molecule has 0 saturated heterocycles. The monoisotopic (exact) mass is 523 g/mol. The van der Waals surface area contributed by atoms with E-state index in [2.05, 4.69) is 21.2 Å². The van der Waals surface area contributed by atoms with Crippen molar-refractivity contribution in [3.8, 4) is 0 Å². The topological polar surface area (TPSA) is 86.8 Å². The van der Waals surface area contributed by atoms with Crippen molar-refractivity contribution in [1.82, 2.24) is 10.2 Å². The quantitative estimate of drug-likeness (QED) is 0.545. The molecule has 174 valence electrons. The third kappa shape index (κ3) is 7.34. The average molecular weight is 524 g/mol. The molecule has 0 fully saturated rings. The van der Waals surface area contributed by atoms with E-state index < -0.39 is 28.5 Å². The Balaban J connectivity index is 2.38. The Labute approximate surface area is 199 Å². The molecule has 0 unspecified atom stereocenters. The Hall–Kier alpha value is -2.39. The third-order valence-electron chi connectivity index (χ3n) is 4.85. The first-order valence-electron chi connectivity index (χ1n) is 10.3. The minimum absolute atomic E-state index is 0.0875. The number of sulfonamides is 1. The molecule has 32 heavy (non-hydrogen) atoms. The molecule has 0 aliphatic heterocycles. The van der Waals surface area contributed by atoms with Gasteiger partial charge in [0.2, 0.25) is 21.8 Å². The normalized spacial score (nSPS) is 12.3. The van der Waals surface area contributed by atoms with Crippen molar-refractivity contribution in [2.24, 2.45) is 0 Å². The number of carbonyl (C=O) groups excluding carboxylic acids is 2. The second-order valence-electron chi connectivity index (χ2n) is 8.10. The summed E-state index contributed by atoms with van der Waals surface area (Å²) in [5.74, 6) is -0.767. The zero-order valence-corrected chi connectivity index (χ0v) is 21.4. The SMILES string of the molecule is Cc1ccc(CN(C(=O)CN(c2cccc(Br)c2)S(C)(=O)=O)[C@@H](C)C(=O)NC(C)C)cc1. The maximum absolute atomic E-state index is 13.4. The van der Waals surface area contributed by atoms with Crippen LogP contribution in [0.5, 0.6) is 0 Å². The van der Waals surface area contributed by atoms with Crippen LogP contribution in [0.1, 0.15) is 31.9 Å². The molecule has 0 saturated carbocycles. The number of hydrogen-bond donors (Lipinski definition) is 1. The Kier molecular flexibility index (Phi) is 8.86. The molecule has 2 amide bonds. The number of anilines is 1. The van der Waals surface area contributed by atoms with E-state index in [-0.39, 0.29) is 18.5 Å². The second kappa shape index (κ2) is 11.0. The lowest BCUT2D eigenvalue weighted by molar-refractivity contribution is -0.139. The molecule has 0 spiro atoms. The van der Waals surface area contributed by atoms with Gasteiger partial charge in [-0.1, -0.05) is 51.8 Å². The van der Waals surface area contributed by atoms with Crippen LogP contribution in [0.3, 0.4) is 0 Å². The zero-order valence-electron chi connectivity index (χ0n) is 19.0. The first kappa shape index (κ1) is 25.9. The van der Waals surface area contributed by atoms with Crippen LogP contribution >= 0.6 is 15.9 Å². The van der Waals surface area contributed by atoms with Gasteiger partial charge in [0.1, 0.15) is 12.6 Å². The van der Waals surface area contributed by atoms with Crippen LogP contribution in [0.2, 0.25) is 0 Å². The summed E-state index contributed by atoms with van der Waals surface area (Å²) in [7, 11) is -3.74. The van der Waals surface area contributed by atoms with Crippen molar-refractivity contribution in [2.45, 2.75) is 46.3 Å². The van der Waals surface area contributed by atoms with Gasteiger partial charge < -0.3 is 10.2 Å². The van der Waals surface area contributed by atoms with E-state index in [0.717, 1.165) is 21.7 Å². The van der Waals surface area contributed by atoms with E-state index in [0.29, 0.717) is 10.2 Å².